The molecular weight excluding hydrogens is 130 g/mol. The van der Waals surface area contributed by atoms with Crippen molar-refractivity contribution >= 4 is 5.97 Å². The minimum atomic E-state index is -1.08. The van der Waals surface area contributed by atoms with E-state index in [4.69, 9.17) is 10.8 Å². The summed E-state index contributed by atoms with van der Waals surface area (Å²) in [7, 11) is 0. The lowest BCUT2D eigenvalue weighted by atomic mass is 10.2. The Kier molecular flexibility index (Phi) is 4.34. The fraction of sp³-hybridized carbons (Fsp3) is 0.571. The van der Waals surface area contributed by atoms with Crippen molar-refractivity contribution in [2.45, 2.75) is 25.8 Å². The maximum Gasteiger partial charge on any atom is 0.381 e. The van der Waals surface area contributed by atoms with Crippen molar-refractivity contribution in [1.82, 2.24) is 0 Å². The van der Waals surface area contributed by atoms with Gasteiger partial charge < -0.3 is 10.8 Å². The third kappa shape index (κ3) is 6.99. The van der Waals surface area contributed by atoms with Crippen molar-refractivity contribution in [2.24, 2.45) is 5.73 Å². The lowest BCUT2D eigenvalue weighted by Crippen LogP contribution is -2.13. The molecule has 0 saturated carbocycles. The molecule has 0 spiro atoms. The number of carbonyl (C=O) groups is 1. The van der Waals surface area contributed by atoms with Gasteiger partial charge >= 0.3 is 5.97 Å². The maximum atomic E-state index is 9.84. The topological polar surface area (TPSA) is 63.3 Å². The summed E-state index contributed by atoms with van der Waals surface area (Å²) in [5.74, 6) is 3.42. The van der Waals surface area contributed by atoms with Gasteiger partial charge in [0, 0.05) is 18.4 Å². The minimum Gasteiger partial charge on any atom is -0.472 e. The molecule has 0 aromatic heterocycles. The zero-order chi connectivity index (χ0) is 7.98. The first-order valence-corrected chi connectivity index (χ1v) is 3.10. The zero-order valence-electron chi connectivity index (χ0n) is 5.92. The van der Waals surface area contributed by atoms with Crippen molar-refractivity contribution in [1.29, 1.82) is 0 Å². The summed E-state index contributed by atoms with van der Waals surface area (Å²) in [4.78, 5) is 9.84. The Balaban J connectivity index is 3.38. The monoisotopic (exact) mass is 141 g/mol. The van der Waals surface area contributed by atoms with E-state index in [0.717, 1.165) is 6.42 Å². The van der Waals surface area contributed by atoms with Crippen molar-refractivity contribution in [3.8, 4) is 11.8 Å². The average molecular weight is 141 g/mol. The molecule has 0 radical (unpaired) electrons. The van der Waals surface area contributed by atoms with Crippen LogP contribution in [0.5, 0.6) is 0 Å². The Bertz CT molecular complexity index is 164. The molecule has 0 aromatic rings. The normalized spacial score (nSPS) is 11.4. The molecule has 0 aromatic carbocycles. The number of carboxylic acid groups (broad SMARTS) is 1. The van der Waals surface area contributed by atoms with Crippen LogP contribution in [0, 0.1) is 11.8 Å². The highest BCUT2D eigenvalue weighted by molar-refractivity contribution is 5.86. The number of nitrogens with two attached hydrogens (primary N) is 1. The Morgan fingerprint density at radius 2 is 2.40 bits per heavy atom. The van der Waals surface area contributed by atoms with Gasteiger partial charge in [-0.05, 0) is 13.3 Å². The van der Waals surface area contributed by atoms with E-state index in [2.05, 4.69) is 5.92 Å². The van der Waals surface area contributed by atoms with Gasteiger partial charge in [-0.1, -0.05) is 5.92 Å². The van der Waals surface area contributed by atoms with Gasteiger partial charge in [-0.25, -0.2) is 4.79 Å². The summed E-state index contributed by atoms with van der Waals surface area (Å²) in [5, 5.41) is 8.07. The highest BCUT2D eigenvalue weighted by Crippen LogP contribution is 1.89. The Labute approximate surface area is 60.2 Å². The summed E-state index contributed by atoms with van der Waals surface area (Å²) >= 11 is 0. The number of rotatable bonds is 2. The largest absolute Gasteiger partial charge is 0.472 e. The number of hydrogen-bond donors (Lipinski definition) is 2. The van der Waals surface area contributed by atoms with Gasteiger partial charge in [0.15, 0.2) is 0 Å². The Hall–Kier alpha value is -1.01. The van der Waals surface area contributed by atoms with E-state index < -0.39 is 5.97 Å². The van der Waals surface area contributed by atoms with E-state index in [1.54, 1.807) is 0 Å². The van der Waals surface area contributed by atoms with E-state index in [9.17, 15) is 4.79 Å². The molecule has 56 valence electrons. The van der Waals surface area contributed by atoms with Crippen molar-refractivity contribution < 1.29 is 9.90 Å². The molecule has 0 amide bonds. The first-order valence-electron chi connectivity index (χ1n) is 3.10. The molecule has 1 atom stereocenters. The molecule has 0 aliphatic heterocycles. The Morgan fingerprint density at radius 1 is 1.80 bits per heavy atom. The first kappa shape index (κ1) is 8.99. The van der Waals surface area contributed by atoms with Gasteiger partial charge in [0.05, 0.1) is 0 Å². The van der Waals surface area contributed by atoms with E-state index in [-0.39, 0.29) is 6.04 Å². The molecule has 0 heterocycles. The van der Waals surface area contributed by atoms with Crippen LogP contribution in [0.1, 0.15) is 19.8 Å². The van der Waals surface area contributed by atoms with E-state index >= 15 is 0 Å². The van der Waals surface area contributed by atoms with E-state index in [1.807, 2.05) is 12.8 Å². The molecule has 0 saturated heterocycles. The average Bonchev–Trinajstić information content (AvgIpc) is 1.79. The van der Waals surface area contributed by atoms with Gasteiger partial charge in [-0.15, -0.1) is 0 Å². The molecular formula is C7H11NO2. The molecule has 10 heavy (non-hydrogen) atoms. The summed E-state index contributed by atoms with van der Waals surface area (Å²) < 4.78 is 0. The van der Waals surface area contributed by atoms with Crippen molar-refractivity contribution in [2.75, 3.05) is 0 Å². The first-order chi connectivity index (χ1) is 4.63. The summed E-state index contributed by atoms with van der Waals surface area (Å²) in [6.45, 7) is 1.86. The van der Waals surface area contributed by atoms with Gasteiger partial charge in [-0.3, -0.25) is 0 Å². The number of carboxylic acids is 1. The Morgan fingerprint density at radius 3 is 2.80 bits per heavy atom. The predicted octanol–water partition coefficient (Wildman–Crippen LogP) is 0.202. The smallest absolute Gasteiger partial charge is 0.381 e. The van der Waals surface area contributed by atoms with Crippen LogP contribution in [0.2, 0.25) is 0 Å². The second-order valence-electron chi connectivity index (χ2n) is 2.12. The highest BCUT2D eigenvalue weighted by atomic mass is 16.4. The zero-order valence-corrected chi connectivity index (χ0v) is 5.92. The quantitative estimate of drug-likeness (QED) is 0.540. The van der Waals surface area contributed by atoms with Crippen LogP contribution in [0.3, 0.4) is 0 Å². The van der Waals surface area contributed by atoms with Crippen LogP contribution in [0.15, 0.2) is 0 Å². The van der Waals surface area contributed by atoms with Crippen LogP contribution in [-0.4, -0.2) is 17.1 Å². The standard InChI is InChI=1S/C7H11NO2/c1-6(8)4-2-3-5-7(9)10/h6H,2,4,8H2,1H3,(H,9,10). The second kappa shape index (κ2) is 4.83. The predicted molar refractivity (Wildman–Crippen MR) is 38.3 cm³/mol. The SMILES string of the molecule is CC(N)CCC#CC(=O)O. The third-order valence-corrected chi connectivity index (χ3v) is 0.920. The van der Waals surface area contributed by atoms with Gasteiger partial charge in [0.25, 0.3) is 0 Å². The third-order valence-electron chi connectivity index (χ3n) is 0.920. The molecule has 1 unspecified atom stereocenters. The molecule has 3 N–H and O–H groups in total. The number of aliphatic carboxylic acids is 1. The number of hydrogen-bond acceptors (Lipinski definition) is 2. The van der Waals surface area contributed by atoms with E-state index in [1.165, 1.54) is 0 Å². The molecule has 0 rings (SSSR count). The highest BCUT2D eigenvalue weighted by Gasteiger charge is 1.89. The lowest BCUT2D eigenvalue weighted by molar-refractivity contribution is -0.130. The second-order valence-corrected chi connectivity index (χ2v) is 2.12. The maximum absolute atomic E-state index is 9.84. The summed E-state index contributed by atoms with van der Waals surface area (Å²) in [6, 6.07) is 0.100. The summed E-state index contributed by atoms with van der Waals surface area (Å²) in [5.41, 5.74) is 5.39. The molecule has 3 nitrogen and oxygen atoms in total. The van der Waals surface area contributed by atoms with Crippen LogP contribution in [-0.2, 0) is 4.79 Å². The molecule has 3 heteroatoms. The molecule has 0 aliphatic carbocycles. The van der Waals surface area contributed by atoms with Crippen molar-refractivity contribution in [3.63, 3.8) is 0 Å². The van der Waals surface area contributed by atoms with Crippen LogP contribution >= 0.6 is 0 Å². The van der Waals surface area contributed by atoms with Crippen LogP contribution in [0.25, 0.3) is 0 Å². The van der Waals surface area contributed by atoms with Crippen LogP contribution in [0.4, 0.5) is 0 Å². The van der Waals surface area contributed by atoms with Gasteiger partial charge in [-0.2, -0.15) is 0 Å². The van der Waals surface area contributed by atoms with Gasteiger partial charge in [0.1, 0.15) is 0 Å². The fourth-order valence-electron chi connectivity index (χ4n) is 0.438. The van der Waals surface area contributed by atoms with Gasteiger partial charge in [0.2, 0.25) is 0 Å². The van der Waals surface area contributed by atoms with Crippen LogP contribution < -0.4 is 5.73 Å². The molecule has 0 aliphatic rings. The fourth-order valence-corrected chi connectivity index (χ4v) is 0.438. The summed E-state index contributed by atoms with van der Waals surface area (Å²) in [6.07, 6.45) is 1.31. The lowest BCUT2D eigenvalue weighted by Gasteiger charge is -1.96. The van der Waals surface area contributed by atoms with E-state index in [0.29, 0.717) is 6.42 Å². The molecule has 0 fully saturated rings. The minimum absolute atomic E-state index is 0.100. The van der Waals surface area contributed by atoms with Crippen molar-refractivity contribution in [3.05, 3.63) is 0 Å². The molecule has 0 bridgehead atoms.